The summed E-state index contributed by atoms with van der Waals surface area (Å²) in [4.78, 5) is 18.6. The van der Waals surface area contributed by atoms with E-state index >= 15 is 0 Å². The number of likely N-dealkylation sites (tertiary alicyclic amines) is 1. The predicted molar refractivity (Wildman–Crippen MR) is 122 cm³/mol. The highest BCUT2D eigenvalue weighted by Gasteiger charge is 2.26. The molecule has 1 unspecified atom stereocenters. The van der Waals surface area contributed by atoms with Crippen LogP contribution in [-0.2, 0) is 11.2 Å². The first-order chi connectivity index (χ1) is 14.7. The SMILES string of the molecule is CCNC(=NCCCc1nnc(SC)n1C1CCCC1)NC1CCN(C(=O)CC)C1. The van der Waals surface area contributed by atoms with Crippen molar-refractivity contribution in [1.82, 2.24) is 30.3 Å². The number of rotatable bonds is 9. The Bertz CT molecular complexity index is 714. The van der Waals surface area contributed by atoms with Gasteiger partial charge in [0.25, 0.3) is 0 Å². The Morgan fingerprint density at radius 1 is 1.23 bits per heavy atom. The molecule has 2 heterocycles. The van der Waals surface area contributed by atoms with E-state index in [-0.39, 0.29) is 11.9 Å². The molecule has 1 aliphatic carbocycles. The molecule has 0 aromatic carbocycles. The summed E-state index contributed by atoms with van der Waals surface area (Å²) in [5.74, 6) is 2.18. The first-order valence-electron chi connectivity index (χ1n) is 11.5. The molecule has 1 aromatic rings. The summed E-state index contributed by atoms with van der Waals surface area (Å²) < 4.78 is 2.38. The lowest BCUT2D eigenvalue weighted by Crippen LogP contribution is -2.45. The molecular formula is C21H37N7OS. The summed E-state index contributed by atoms with van der Waals surface area (Å²) in [5.41, 5.74) is 0. The molecule has 1 atom stereocenters. The van der Waals surface area contributed by atoms with Crippen molar-refractivity contribution in [3.63, 3.8) is 0 Å². The minimum absolute atomic E-state index is 0.234. The number of aromatic nitrogens is 3. The van der Waals surface area contributed by atoms with E-state index in [4.69, 9.17) is 4.99 Å². The maximum Gasteiger partial charge on any atom is 0.222 e. The van der Waals surface area contributed by atoms with E-state index in [1.54, 1.807) is 11.8 Å². The first kappa shape index (κ1) is 22.9. The number of thioether (sulfide) groups is 1. The van der Waals surface area contributed by atoms with Gasteiger partial charge >= 0.3 is 0 Å². The zero-order valence-corrected chi connectivity index (χ0v) is 19.5. The van der Waals surface area contributed by atoms with E-state index in [1.165, 1.54) is 25.7 Å². The largest absolute Gasteiger partial charge is 0.357 e. The van der Waals surface area contributed by atoms with E-state index in [9.17, 15) is 4.79 Å². The van der Waals surface area contributed by atoms with Gasteiger partial charge in [0.1, 0.15) is 5.82 Å². The molecule has 168 valence electrons. The molecule has 1 aliphatic heterocycles. The van der Waals surface area contributed by atoms with E-state index < -0.39 is 0 Å². The Labute approximate surface area is 184 Å². The van der Waals surface area contributed by atoms with Crippen LogP contribution in [0.2, 0.25) is 0 Å². The number of amides is 1. The Hall–Kier alpha value is -1.77. The fraction of sp³-hybridized carbons (Fsp3) is 0.810. The van der Waals surface area contributed by atoms with Crippen LogP contribution in [0.15, 0.2) is 10.1 Å². The number of nitrogens with zero attached hydrogens (tertiary/aromatic N) is 5. The van der Waals surface area contributed by atoms with E-state index in [1.807, 2.05) is 11.8 Å². The monoisotopic (exact) mass is 435 g/mol. The second-order valence-corrected chi connectivity index (χ2v) is 8.87. The summed E-state index contributed by atoms with van der Waals surface area (Å²) in [7, 11) is 0. The predicted octanol–water partition coefficient (Wildman–Crippen LogP) is 2.61. The molecule has 2 N–H and O–H groups in total. The third kappa shape index (κ3) is 5.89. The van der Waals surface area contributed by atoms with Gasteiger partial charge in [0, 0.05) is 51.1 Å². The fourth-order valence-corrected chi connectivity index (χ4v) is 4.99. The van der Waals surface area contributed by atoms with Gasteiger partial charge in [0.2, 0.25) is 5.91 Å². The third-order valence-electron chi connectivity index (χ3n) is 5.96. The average molecular weight is 436 g/mol. The van der Waals surface area contributed by atoms with Crippen molar-refractivity contribution >= 4 is 23.6 Å². The van der Waals surface area contributed by atoms with Crippen LogP contribution in [0, 0.1) is 0 Å². The number of carbonyl (C=O) groups is 1. The molecule has 1 saturated carbocycles. The van der Waals surface area contributed by atoms with Gasteiger partial charge in [0.05, 0.1) is 0 Å². The second kappa shape index (κ2) is 11.6. The van der Waals surface area contributed by atoms with Crippen LogP contribution in [0.4, 0.5) is 0 Å². The summed E-state index contributed by atoms with van der Waals surface area (Å²) in [6.45, 7) is 7.16. The summed E-state index contributed by atoms with van der Waals surface area (Å²) in [5, 5.41) is 16.8. The smallest absolute Gasteiger partial charge is 0.222 e. The Morgan fingerprint density at radius 2 is 2.03 bits per heavy atom. The fourth-order valence-electron chi connectivity index (χ4n) is 4.42. The van der Waals surface area contributed by atoms with Gasteiger partial charge < -0.3 is 20.1 Å². The van der Waals surface area contributed by atoms with Crippen LogP contribution in [-0.4, -0.2) is 70.0 Å². The van der Waals surface area contributed by atoms with Crippen molar-refractivity contribution in [3.8, 4) is 0 Å². The van der Waals surface area contributed by atoms with Crippen molar-refractivity contribution < 1.29 is 4.79 Å². The number of nitrogens with one attached hydrogen (secondary N) is 2. The van der Waals surface area contributed by atoms with Crippen LogP contribution in [0.5, 0.6) is 0 Å². The molecule has 0 radical (unpaired) electrons. The lowest BCUT2D eigenvalue weighted by atomic mass is 10.2. The quantitative estimate of drug-likeness (QED) is 0.268. The molecule has 9 heteroatoms. The number of guanidine groups is 1. The zero-order chi connectivity index (χ0) is 21.3. The topological polar surface area (TPSA) is 87.4 Å². The molecule has 0 bridgehead atoms. The van der Waals surface area contributed by atoms with Gasteiger partial charge in [-0.1, -0.05) is 31.5 Å². The normalized spacial score (nSPS) is 20.2. The highest BCUT2D eigenvalue weighted by molar-refractivity contribution is 7.98. The van der Waals surface area contributed by atoms with Crippen LogP contribution < -0.4 is 10.6 Å². The van der Waals surface area contributed by atoms with E-state index in [0.717, 1.165) is 62.4 Å². The van der Waals surface area contributed by atoms with Crippen LogP contribution >= 0.6 is 11.8 Å². The van der Waals surface area contributed by atoms with Gasteiger partial charge in [-0.3, -0.25) is 9.79 Å². The molecule has 0 spiro atoms. The maximum atomic E-state index is 11.9. The lowest BCUT2D eigenvalue weighted by Gasteiger charge is -2.18. The molecule has 2 fully saturated rings. The summed E-state index contributed by atoms with van der Waals surface area (Å²) in [6, 6.07) is 0.837. The van der Waals surface area contributed by atoms with Crippen molar-refractivity contribution in [1.29, 1.82) is 0 Å². The molecule has 1 saturated heterocycles. The number of hydrogen-bond acceptors (Lipinski definition) is 5. The van der Waals surface area contributed by atoms with Crippen LogP contribution in [0.3, 0.4) is 0 Å². The third-order valence-corrected chi connectivity index (χ3v) is 6.61. The van der Waals surface area contributed by atoms with E-state index in [0.29, 0.717) is 12.5 Å². The molecular weight excluding hydrogens is 398 g/mol. The molecule has 1 aromatic heterocycles. The Morgan fingerprint density at radius 3 is 2.73 bits per heavy atom. The number of aryl methyl sites for hydroxylation is 1. The molecule has 1 amide bonds. The van der Waals surface area contributed by atoms with Gasteiger partial charge in [0.15, 0.2) is 11.1 Å². The minimum Gasteiger partial charge on any atom is -0.357 e. The lowest BCUT2D eigenvalue weighted by molar-refractivity contribution is -0.129. The van der Waals surface area contributed by atoms with Crippen molar-refractivity contribution in [2.45, 2.75) is 82.5 Å². The van der Waals surface area contributed by atoms with Crippen molar-refractivity contribution in [3.05, 3.63) is 5.82 Å². The Balaban J connectivity index is 1.52. The zero-order valence-electron chi connectivity index (χ0n) is 18.7. The van der Waals surface area contributed by atoms with Gasteiger partial charge in [-0.2, -0.15) is 0 Å². The van der Waals surface area contributed by atoms with Gasteiger partial charge in [-0.15, -0.1) is 10.2 Å². The minimum atomic E-state index is 0.234. The second-order valence-electron chi connectivity index (χ2n) is 8.10. The number of hydrogen-bond donors (Lipinski definition) is 2. The standard InChI is InChI=1S/C21H37N7OS/c1-4-19(29)27-14-12-16(15-27)24-20(22-5-2)23-13-8-11-18-25-26-21(30-3)28(18)17-9-6-7-10-17/h16-17H,4-15H2,1-3H3,(H2,22,23,24). The molecule has 30 heavy (non-hydrogen) atoms. The van der Waals surface area contributed by atoms with Gasteiger partial charge in [-0.05, 0) is 38.9 Å². The van der Waals surface area contributed by atoms with Crippen molar-refractivity contribution in [2.75, 3.05) is 32.4 Å². The summed E-state index contributed by atoms with van der Waals surface area (Å²) >= 11 is 1.69. The number of aliphatic imine (C=N–C) groups is 1. The van der Waals surface area contributed by atoms with Gasteiger partial charge in [-0.25, -0.2) is 0 Å². The number of carbonyl (C=O) groups excluding carboxylic acids is 1. The molecule has 2 aliphatic rings. The molecule has 8 nitrogen and oxygen atoms in total. The highest BCUT2D eigenvalue weighted by Crippen LogP contribution is 2.33. The maximum absolute atomic E-state index is 11.9. The van der Waals surface area contributed by atoms with Crippen LogP contribution in [0.1, 0.15) is 70.7 Å². The Kier molecular flexibility index (Phi) is 8.84. The highest BCUT2D eigenvalue weighted by atomic mass is 32.2. The van der Waals surface area contributed by atoms with Crippen LogP contribution in [0.25, 0.3) is 0 Å². The average Bonchev–Trinajstić information content (AvgIpc) is 3.50. The first-order valence-corrected chi connectivity index (χ1v) is 12.7. The summed E-state index contributed by atoms with van der Waals surface area (Å²) in [6.07, 6.45) is 10.6. The van der Waals surface area contributed by atoms with Crippen molar-refractivity contribution in [2.24, 2.45) is 4.99 Å². The molecule has 3 rings (SSSR count). The van der Waals surface area contributed by atoms with E-state index in [2.05, 4.69) is 38.6 Å².